The van der Waals surface area contributed by atoms with Gasteiger partial charge in [0.2, 0.25) is 0 Å². The van der Waals surface area contributed by atoms with Crippen molar-refractivity contribution in [2.24, 2.45) is 0 Å². The second-order valence-corrected chi connectivity index (χ2v) is 5.14. The summed E-state index contributed by atoms with van der Waals surface area (Å²) in [6.07, 6.45) is 7.02. The fourth-order valence-electron chi connectivity index (χ4n) is 2.53. The summed E-state index contributed by atoms with van der Waals surface area (Å²) in [5, 5.41) is 9.71. The highest BCUT2D eigenvalue weighted by molar-refractivity contribution is 5.53. The number of hydrogen-bond acceptors (Lipinski definition) is 5. The van der Waals surface area contributed by atoms with Gasteiger partial charge in [0.15, 0.2) is 5.82 Å². The van der Waals surface area contributed by atoms with Gasteiger partial charge in [-0.25, -0.2) is 9.97 Å². The van der Waals surface area contributed by atoms with Gasteiger partial charge >= 0.3 is 0 Å². The molecule has 0 radical (unpaired) electrons. The first-order valence-electron chi connectivity index (χ1n) is 6.94. The first-order valence-corrected chi connectivity index (χ1v) is 6.94. The van der Waals surface area contributed by atoms with E-state index in [2.05, 4.69) is 19.9 Å². The van der Waals surface area contributed by atoms with Crippen LogP contribution in [0.2, 0.25) is 0 Å². The Balaban J connectivity index is 1.74. The van der Waals surface area contributed by atoms with Crippen LogP contribution in [0.1, 0.15) is 18.5 Å². The maximum absolute atomic E-state index is 9.71. The van der Waals surface area contributed by atoms with Crippen LogP contribution < -0.4 is 0 Å². The van der Waals surface area contributed by atoms with E-state index >= 15 is 0 Å². The van der Waals surface area contributed by atoms with E-state index in [0.717, 1.165) is 49.6 Å². The second kappa shape index (κ2) is 6.07. The first kappa shape index (κ1) is 13.1. The number of aliphatic hydroxyl groups excluding tert-OH is 1. The molecule has 1 fully saturated rings. The van der Waals surface area contributed by atoms with Crippen LogP contribution in [0.3, 0.4) is 0 Å². The topological polar surface area (TPSA) is 62.1 Å². The van der Waals surface area contributed by atoms with Crippen LogP contribution in [-0.2, 0) is 6.54 Å². The van der Waals surface area contributed by atoms with Crippen LogP contribution in [0.25, 0.3) is 11.4 Å². The third-order valence-corrected chi connectivity index (χ3v) is 3.52. The largest absolute Gasteiger partial charge is 0.392 e. The van der Waals surface area contributed by atoms with Gasteiger partial charge in [-0.1, -0.05) is 0 Å². The lowest BCUT2D eigenvalue weighted by Gasteiger charge is -2.29. The first-order chi connectivity index (χ1) is 9.81. The molecular formula is C15H18N4O. The number of β-amino-alcohol motifs (C(OH)–C–C–N with tert-alkyl or cyclic N) is 1. The number of rotatable bonds is 3. The maximum Gasteiger partial charge on any atom is 0.159 e. The van der Waals surface area contributed by atoms with Gasteiger partial charge in [-0.05, 0) is 37.6 Å². The molecule has 1 aliphatic rings. The summed E-state index contributed by atoms with van der Waals surface area (Å²) < 4.78 is 0. The molecule has 20 heavy (non-hydrogen) atoms. The molecular weight excluding hydrogens is 252 g/mol. The molecule has 2 aromatic heterocycles. The van der Waals surface area contributed by atoms with E-state index in [1.807, 2.05) is 18.2 Å². The number of piperidine rings is 1. The number of likely N-dealkylation sites (tertiary alicyclic amines) is 1. The molecule has 3 heterocycles. The molecule has 1 saturated heterocycles. The van der Waals surface area contributed by atoms with E-state index in [9.17, 15) is 5.11 Å². The number of pyridine rings is 1. The molecule has 0 bridgehead atoms. The molecule has 5 heteroatoms. The van der Waals surface area contributed by atoms with Crippen LogP contribution in [0.15, 0.2) is 36.8 Å². The van der Waals surface area contributed by atoms with Crippen molar-refractivity contribution in [2.45, 2.75) is 25.5 Å². The summed E-state index contributed by atoms with van der Waals surface area (Å²) in [7, 11) is 0. The molecule has 1 N–H and O–H groups in total. The second-order valence-electron chi connectivity index (χ2n) is 5.14. The van der Waals surface area contributed by atoms with E-state index < -0.39 is 0 Å². The van der Waals surface area contributed by atoms with Crippen molar-refractivity contribution in [3.05, 3.63) is 42.5 Å². The molecule has 0 amide bonds. The standard InChI is InChI=1S/C15H18N4O/c20-14-2-1-9-19(11-14)10-13-5-8-17-15(18-13)12-3-6-16-7-4-12/h3-8,14,20H,1-2,9-11H2. The van der Waals surface area contributed by atoms with E-state index in [-0.39, 0.29) is 6.10 Å². The van der Waals surface area contributed by atoms with Crippen LogP contribution in [0.4, 0.5) is 0 Å². The SMILES string of the molecule is OC1CCCN(Cc2ccnc(-c3ccncc3)n2)C1. The maximum atomic E-state index is 9.71. The minimum atomic E-state index is -0.203. The van der Waals surface area contributed by atoms with Crippen LogP contribution in [0, 0.1) is 0 Å². The quantitative estimate of drug-likeness (QED) is 0.915. The number of aromatic nitrogens is 3. The molecule has 1 aliphatic heterocycles. The van der Waals surface area contributed by atoms with Gasteiger partial charge in [0.05, 0.1) is 11.8 Å². The summed E-state index contributed by atoms with van der Waals surface area (Å²) in [5.74, 6) is 0.724. The van der Waals surface area contributed by atoms with E-state index in [4.69, 9.17) is 0 Å². The highest BCUT2D eigenvalue weighted by Gasteiger charge is 2.18. The van der Waals surface area contributed by atoms with Gasteiger partial charge in [0, 0.05) is 37.2 Å². The average molecular weight is 270 g/mol. The predicted molar refractivity (Wildman–Crippen MR) is 75.8 cm³/mol. The zero-order chi connectivity index (χ0) is 13.8. The van der Waals surface area contributed by atoms with Crippen molar-refractivity contribution in [3.8, 4) is 11.4 Å². The lowest BCUT2D eigenvalue weighted by atomic mass is 10.1. The predicted octanol–water partition coefficient (Wildman–Crippen LogP) is 1.50. The minimum Gasteiger partial charge on any atom is -0.392 e. The molecule has 0 saturated carbocycles. The van der Waals surface area contributed by atoms with Gasteiger partial charge in [0.1, 0.15) is 0 Å². The summed E-state index contributed by atoms with van der Waals surface area (Å²) in [4.78, 5) is 15.2. The lowest BCUT2D eigenvalue weighted by molar-refractivity contribution is 0.0662. The number of aliphatic hydroxyl groups is 1. The van der Waals surface area contributed by atoms with E-state index in [1.165, 1.54) is 0 Å². The highest BCUT2D eigenvalue weighted by Crippen LogP contribution is 2.16. The Morgan fingerprint density at radius 3 is 2.85 bits per heavy atom. The molecule has 104 valence electrons. The van der Waals surface area contributed by atoms with E-state index in [0.29, 0.717) is 0 Å². The van der Waals surface area contributed by atoms with Crippen molar-refractivity contribution in [3.63, 3.8) is 0 Å². The Labute approximate surface area is 118 Å². The summed E-state index contributed by atoms with van der Waals surface area (Å²) in [5.41, 5.74) is 1.96. The van der Waals surface area contributed by atoms with Gasteiger partial charge < -0.3 is 5.11 Å². The fraction of sp³-hybridized carbons (Fsp3) is 0.400. The van der Waals surface area contributed by atoms with Crippen molar-refractivity contribution >= 4 is 0 Å². The Morgan fingerprint density at radius 1 is 1.20 bits per heavy atom. The molecule has 3 rings (SSSR count). The summed E-state index contributed by atoms with van der Waals surface area (Å²) >= 11 is 0. The van der Waals surface area contributed by atoms with Crippen molar-refractivity contribution in [2.75, 3.05) is 13.1 Å². The van der Waals surface area contributed by atoms with Gasteiger partial charge in [0.25, 0.3) is 0 Å². The smallest absolute Gasteiger partial charge is 0.159 e. The van der Waals surface area contributed by atoms with Crippen molar-refractivity contribution < 1.29 is 5.11 Å². The monoisotopic (exact) mass is 270 g/mol. The summed E-state index contributed by atoms with van der Waals surface area (Å²) in [6.45, 7) is 2.51. The van der Waals surface area contributed by atoms with Crippen molar-refractivity contribution in [1.82, 2.24) is 19.9 Å². The molecule has 0 aliphatic carbocycles. The Bertz CT molecular complexity index is 561. The molecule has 0 aromatic carbocycles. The molecule has 0 spiro atoms. The Hall–Kier alpha value is -1.85. The lowest BCUT2D eigenvalue weighted by Crippen LogP contribution is -2.37. The van der Waals surface area contributed by atoms with Crippen LogP contribution >= 0.6 is 0 Å². The molecule has 5 nitrogen and oxygen atoms in total. The number of nitrogens with zero attached hydrogens (tertiary/aromatic N) is 4. The third kappa shape index (κ3) is 3.18. The van der Waals surface area contributed by atoms with Crippen molar-refractivity contribution in [1.29, 1.82) is 0 Å². The van der Waals surface area contributed by atoms with Crippen LogP contribution in [0.5, 0.6) is 0 Å². The zero-order valence-electron chi connectivity index (χ0n) is 11.3. The minimum absolute atomic E-state index is 0.203. The molecule has 1 atom stereocenters. The zero-order valence-corrected chi connectivity index (χ0v) is 11.3. The van der Waals surface area contributed by atoms with Crippen LogP contribution in [-0.4, -0.2) is 44.2 Å². The Morgan fingerprint density at radius 2 is 2.05 bits per heavy atom. The molecule has 2 aromatic rings. The Kier molecular flexibility index (Phi) is 3.99. The highest BCUT2D eigenvalue weighted by atomic mass is 16.3. The number of hydrogen-bond donors (Lipinski definition) is 1. The van der Waals surface area contributed by atoms with Gasteiger partial charge in [-0.3, -0.25) is 9.88 Å². The molecule has 1 unspecified atom stereocenters. The summed E-state index contributed by atoms with van der Waals surface area (Å²) in [6, 6.07) is 5.75. The van der Waals surface area contributed by atoms with Gasteiger partial charge in [-0.15, -0.1) is 0 Å². The third-order valence-electron chi connectivity index (χ3n) is 3.52. The van der Waals surface area contributed by atoms with Gasteiger partial charge in [-0.2, -0.15) is 0 Å². The fourth-order valence-corrected chi connectivity index (χ4v) is 2.53. The average Bonchev–Trinajstić information content (AvgIpc) is 2.48. The normalized spacial score (nSPS) is 19.9. The van der Waals surface area contributed by atoms with E-state index in [1.54, 1.807) is 18.6 Å².